The maximum atomic E-state index is 11.7. The summed E-state index contributed by atoms with van der Waals surface area (Å²) in [6, 6.07) is 2.40. The fraction of sp³-hybridized carbons (Fsp3) is 0.417. The van der Waals surface area contributed by atoms with E-state index in [0.29, 0.717) is 12.0 Å². The second kappa shape index (κ2) is 6.62. The predicted octanol–water partition coefficient (Wildman–Crippen LogP) is 1.45. The minimum atomic E-state index is -1.00. The Bertz CT molecular complexity index is 379. The van der Waals surface area contributed by atoms with Gasteiger partial charge in [0.2, 0.25) is 0 Å². The number of carbonyl (C=O) groups is 2. The molecule has 0 fully saturated rings. The molecule has 0 aliphatic heterocycles. The van der Waals surface area contributed by atoms with Crippen molar-refractivity contribution in [2.75, 3.05) is 0 Å². The molecule has 0 unspecified atom stereocenters. The topological polar surface area (TPSA) is 79.3 Å². The number of carboxylic acids is 1. The molecule has 0 bridgehead atoms. The molecule has 0 aliphatic carbocycles. The number of hydrogen-bond donors (Lipinski definition) is 2. The Morgan fingerprint density at radius 2 is 2.29 bits per heavy atom. The van der Waals surface area contributed by atoms with Gasteiger partial charge >= 0.3 is 5.97 Å². The zero-order chi connectivity index (χ0) is 12.7. The number of pyridine rings is 1. The summed E-state index contributed by atoms with van der Waals surface area (Å²) in [5.74, 6) is -1.41. The van der Waals surface area contributed by atoms with Crippen LogP contribution < -0.4 is 5.32 Å². The second-order valence-electron chi connectivity index (χ2n) is 3.75. The lowest BCUT2D eigenvalue weighted by molar-refractivity contribution is -0.139. The molecule has 1 atom stereocenters. The number of amides is 1. The molecule has 17 heavy (non-hydrogen) atoms. The van der Waals surface area contributed by atoms with E-state index < -0.39 is 17.9 Å². The Hall–Kier alpha value is -1.91. The average Bonchev–Trinajstić information content (AvgIpc) is 2.35. The van der Waals surface area contributed by atoms with Crippen LogP contribution in [0.2, 0.25) is 0 Å². The zero-order valence-corrected chi connectivity index (χ0v) is 9.72. The van der Waals surface area contributed by atoms with Crippen LogP contribution in [0.1, 0.15) is 36.5 Å². The van der Waals surface area contributed by atoms with Crippen LogP contribution in [0.25, 0.3) is 0 Å². The molecule has 0 spiro atoms. The first-order valence-electron chi connectivity index (χ1n) is 5.58. The Labute approximate surface area is 99.9 Å². The van der Waals surface area contributed by atoms with Crippen molar-refractivity contribution in [2.45, 2.75) is 32.2 Å². The van der Waals surface area contributed by atoms with Gasteiger partial charge in [0.25, 0.3) is 5.91 Å². The third kappa shape index (κ3) is 4.22. The number of carboxylic acid groups (broad SMARTS) is 1. The molecule has 1 amide bonds. The van der Waals surface area contributed by atoms with Crippen molar-refractivity contribution in [1.82, 2.24) is 10.3 Å². The van der Waals surface area contributed by atoms with E-state index in [9.17, 15) is 9.59 Å². The van der Waals surface area contributed by atoms with Gasteiger partial charge in [-0.1, -0.05) is 19.8 Å². The van der Waals surface area contributed by atoms with E-state index in [4.69, 9.17) is 5.11 Å². The molecule has 0 aliphatic rings. The Morgan fingerprint density at radius 3 is 2.82 bits per heavy atom. The minimum Gasteiger partial charge on any atom is -0.480 e. The first-order chi connectivity index (χ1) is 8.15. The van der Waals surface area contributed by atoms with Crippen molar-refractivity contribution >= 4 is 11.9 Å². The van der Waals surface area contributed by atoms with E-state index in [-0.39, 0.29) is 0 Å². The van der Waals surface area contributed by atoms with Gasteiger partial charge in [-0.2, -0.15) is 0 Å². The van der Waals surface area contributed by atoms with Crippen molar-refractivity contribution in [2.24, 2.45) is 0 Å². The maximum Gasteiger partial charge on any atom is 0.326 e. The van der Waals surface area contributed by atoms with Gasteiger partial charge in [-0.3, -0.25) is 9.78 Å². The number of rotatable bonds is 6. The van der Waals surface area contributed by atoms with Gasteiger partial charge < -0.3 is 10.4 Å². The highest BCUT2D eigenvalue weighted by molar-refractivity contribution is 5.96. The first-order valence-corrected chi connectivity index (χ1v) is 5.58. The van der Waals surface area contributed by atoms with Crippen molar-refractivity contribution < 1.29 is 14.7 Å². The zero-order valence-electron chi connectivity index (χ0n) is 9.72. The van der Waals surface area contributed by atoms with E-state index in [2.05, 4.69) is 10.3 Å². The summed E-state index contributed by atoms with van der Waals surface area (Å²) in [6.07, 6.45) is 5.07. The summed E-state index contributed by atoms with van der Waals surface area (Å²) >= 11 is 0. The summed E-state index contributed by atoms with van der Waals surface area (Å²) in [6.45, 7) is 1.97. The van der Waals surface area contributed by atoms with Crippen LogP contribution in [0.5, 0.6) is 0 Å². The lowest BCUT2D eigenvalue weighted by Crippen LogP contribution is -2.40. The average molecular weight is 236 g/mol. The second-order valence-corrected chi connectivity index (χ2v) is 3.75. The summed E-state index contributed by atoms with van der Waals surface area (Å²) in [7, 11) is 0. The number of aliphatic carboxylic acids is 1. The first kappa shape index (κ1) is 13.2. The highest BCUT2D eigenvalue weighted by Gasteiger charge is 2.19. The molecule has 1 heterocycles. The van der Waals surface area contributed by atoms with Gasteiger partial charge in [0.15, 0.2) is 0 Å². The van der Waals surface area contributed by atoms with Crippen LogP contribution in [0, 0.1) is 0 Å². The van der Waals surface area contributed by atoms with Crippen molar-refractivity contribution in [1.29, 1.82) is 0 Å². The van der Waals surface area contributed by atoms with Crippen molar-refractivity contribution in [3.63, 3.8) is 0 Å². The number of hydrogen-bond acceptors (Lipinski definition) is 3. The minimum absolute atomic E-state index is 0.371. The molecule has 0 saturated heterocycles. The quantitative estimate of drug-likeness (QED) is 0.783. The number of unbranched alkanes of at least 4 members (excludes halogenated alkanes) is 1. The van der Waals surface area contributed by atoms with E-state index in [1.807, 2.05) is 6.92 Å². The van der Waals surface area contributed by atoms with Gasteiger partial charge in [0.1, 0.15) is 6.04 Å². The SMILES string of the molecule is CCCC[C@H](NC(=O)c1cccnc1)C(=O)O. The molecular weight excluding hydrogens is 220 g/mol. The normalized spacial score (nSPS) is 11.8. The van der Waals surface area contributed by atoms with Crippen LogP contribution >= 0.6 is 0 Å². The van der Waals surface area contributed by atoms with Crippen molar-refractivity contribution in [3.05, 3.63) is 30.1 Å². The van der Waals surface area contributed by atoms with Gasteiger partial charge in [0, 0.05) is 12.4 Å². The Kier molecular flexibility index (Phi) is 5.13. The molecular formula is C12H16N2O3. The monoisotopic (exact) mass is 236 g/mol. The van der Waals surface area contributed by atoms with Gasteiger partial charge in [-0.15, -0.1) is 0 Å². The fourth-order valence-electron chi connectivity index (χ4n) is 1.40. The number of carbonyl (C=O) groups excluding carboxylic acids is 1. The van der Waals surface area contributed by atoms with Crippen LogP contribution in [0.15, 0.2) is 24.5 Å². The van der Waals surface area contributed by atoms with Gasteiger partial charge in [0.05, 0.1) is 5.56 Å². The molecule has 92 valence electrons. The van der Waals surface area contributed by atoms with E-state index in [1.54, 1.807) is 18.3 Å². The van der Waals surface area contributed by atoms with E-state index >= 15 is 0 Å². The van der Waals surface area contributed by atoms with E-state index in [1.165, 1.54) is 6.20 Å². The van der Waals surface area contributed by atoms with Gasteiger partial charge in [-0.25, -0.2) is 4.79 Å². The van der Waals surface area contributed by atoms with Gasteiger partial charge in [-0.05, 0) is 18.6 Å². The smallest absolute Gasteiger partial charge is 0.326 e. The molecule has 5 nitrogen and oxygen atoms in total. The van der Waals surface area contributed by atoms with Crippen LogP contribution in [0.3, 0.4) is 0 Å². The standard InChI is InChI=1S/C12H16N2O3/c1-2-3-6-10(12(16)17)14-11(15)9-5-4-7-13-8-9/h4-5,7-8,10H,2-3,6H2,1H3,(H,14,15)(H,16,17)/t10-/m0/s1. The predicted molar refractivity (Wildman–Crippen MR) is 62.7 cm³/mol. The molecule has 5 heteroatoms. The maximum absolute atomic E-state index is 11.7. The lowest BCUT2D eigenvalue weighted by Gasteiger charge is -2.13. The highest BCUT2D eigenvalue weighted by Crippen LogP contribution is 2.03. The summed E-state index contributed by atoms with van der Waals surface area (Å²) in [4.78, 5) is 26.5. The number of aromatic nitrogens is 1. The van der Waals surface area contributed by atoms with E-state index in [0.717, 1.165) is 12.8 Å². The Morgan fingerprint density at radius 1 is 1.53 bits per heavy atom. The van der Waals surface area contributed by atoms with Crippen LogP contribution in [-0.2, 0) is 4.79 Å². The van der Waals surface area contributed by atoms with Crippen LogP contribution in [0.4, 0.5) is 0 Å². The molecule has 0 aromatic carbocycles. The largest absolute Gasteiger partial charge is 0.480 e. The summed E-state index contributed by atoms with van der Waals surface area (Å²) in [5.41, 5.74) is 0.371. The number of nitrogens with zero attached hydrogens (tertiary/aromatic N) is 1. The highest BCUT2D eigenvalue weighted by atomic mass is 16.4. The summed E-state index contributed by atoms with van der Waals surface area (Å²) < 4.78 is 0. The molecule has 0 radical (unpaired) electrons. The Balaban J connectivity index is 2.61. The third-order valence-electron chi connectivity index (χ3n) is 2.37. The molecule has 1 aromatic heterocycles. The summed E-state index contributed by atoms with van der Waals surface area (Å²) in [5, 5.41) is 11.5. The molecule has 1 rings (SSSR count). The van der Waals surface area contributed by atoms with Crippen molar-refractivity contribution in [3.8, 4) is 0 Å². The van der Waals surface area contributed by atoms with Crippen LogP contribution in [-0.4, -0.2) is 28.0 Å². The number of nitrogens with one attached hydrogen (secondary N) is 1. The third-order valence-corrected chi connectivity index (χ3v) is 2.37. The molecule has 2 N–H and O–H groups in total. The lowest BCUT2D eigenvalue weighted by atomic mass is 10.1. The molecule has 0 saturated carbocycles. The fourth-order valence-corrected chi connectivity index (χ4v) is 1.40. The molecule has 1 aromatic rings.